The van der Waals surface area contributed by atoms with Gasteiger partial charge in [0.15, 0.2) is 0 Å². The normalized spacial score (nSPS) is 42.8. The molecule has 2 saturated carbocycles. The van der Waals surface area contributed by atoms with Gasteiger partial charge >= 0.3 is 0 Å². The van der Waals surface area contributed by atoms with Gasteiger partial charge in [0.05, 0.1) is 0 Å². The minimum Gasteiger partial charge on any atom is -0.353 e. The van der Waals surface area contributed by atoms with Crippen LogP contribution in [0.4, 0.5) is 0 Å². The molecule has 2 fully saturated rings. The van der Waals surface area contributed by atoms with Crippen molar-refractivity contribution in [2.45, 2.75) is 78.8 Å². The first-order valence-corrected chi connectivity index (χ1v) is 8.85. The van der Waals surface area contributed by atoms with Crippen LogP contribution in [0.1, 0.15) is 66.7 Å². The van der Waals surface area contributed by atoms with Crippen LogP contribution in [0.15, 0.2) is 0 Å². The fourth-order valence-electron chi connectivity index (χ4n) is 4.63. The zero-order chi connectivity index (χ0) is 15.8. The maximum atomic E-state index is 12.8. The Hall–Kier alpha value is -0.570. The summed E-state index contributed by atoms with van der Waals surface area (Å²) >= 11 is 0. The topological polar surface area (TPSA) is 55.1 Å². The second-order valence-corrected chi connectivity index (χ2v) is 8.12. The third kappa shape index (κ3) is 3.13. The number of carbonyl (C=O) groups is 1. The van der Waals surface area contributed by atoms with Gasteiger partial charge in [-0.05, 0) is 48.9 Å². The molecule has 21 heavy (non-hydrogen) atoms. The van der Waals surface area contributed by atoms with E-state index in [0.717, 1.165) is 25.2 Å². The molecule has 0 spiro atoms. The molecule has 1 amide bonds. The summed E-state index contributed by atoms with van der Waals surface area (Å²) < 4.78 is 0. The summed E-state index contributed by atoms with van der Waals surface area (Å²) in [5.41, 5.74) is 6.20. The number of hydrogen-bond donors (Lipinski definition) is 2. The van der Waals surface area contributed by atoms with Crippen molar-refractivity contribution < 1.29 is 4.79 Å². The molecule has 3 heteroatoms. The molecule has 2 rings (SSSR count). The van der Waals surface area contributed by atoms with Gasteiger partial charge in [-0.15, -0.1) is 0 Å². The van der Waals surface area contributed by atoms with Crippen molar-refractivity contribution in [3.05, 3.63) is 0 Å². The molecule has 0 radical (unpaired) electrons. The number of rotatable bonds is 3. The molecule has 6 atom stereocenters. The predicted molar refractivity (Wildman–Crippen MR) is 87.8 cm³/mol. The summed E-state index contributed by atoms with van der Waals surface area (Å²) in [6, 6.07) is 0.614. The maximum absolute atomic E-state index is 12.8. The van der Waals surface area contributed by atoms with Gasteiger partial charge in [-0.2, -0.15) is 0 Å². The molecule has 6 unspecified atom stereocenters. The van der Waals surface area contributed by atoms with E-state index in [2.05, 4.69) is 39.9 Å². The van der Waals surface area contributed by atoms with Crippen LogP contribution in [0.2, 0.25) is 0 Å². The second kappa shape index (κ2) is 6.28. The van der Waals surface area contributed by atoms with Crippen LogP contribution in [0.25, 0.3) is 0 Å². The van der Waals surface area contributed by atoms with E-state index in [0.29, 0.717) is 17.9 Å². The molecule has 0 bridgehead atoms. The maximum Gasteiger partial charge on any atom is 0.223 e. The van der Waals surface area contributed by atoms with Gasteiger partial charge in [-0.1, -0.05) is 41.0 Å². The highest BCUT2D eigenvalue weighted by Gasteiger charge is 2.46. The lowest BCUT2D eigenvalue weighted by molar-refractivity contribution is -0.133. The largest absolute Gasteiger partial charge is 0.353 e. The fourth-order valence-corrected chi connectivity index (χ4v) is 4.63. The van der Waals surface area contributed by atoms with Crippen molar-refractivity contribution in [2.24, 2.45) is 34.8 Å². The van der Waals surface area contributed by atoms with Crippen LogP contribution in [0, 0.1) is 29.1 Å². The zero-order valence-electron chi connectivity index (χ0n) is 14.5. The molecule has 2 aliphatic rings. The third-order valence-corrected chi connectivity index (χ3v) is 6.90. The highest BCUT2D eigenvalue weighted by Crippen LogP contribution is 2.45. The smallest absolute Gasteiger partial charge is 0.223 e. The molecule has 2 aliphatic carbocycles. The lowest BCUT2D eigenvalue weighted by Gasteiger charge is -2.46. The molecule has 0 heterocycles. The molecule has 0 aromatic heterocycles. The van der Waals surface area contributed by atoms with Crippen molar-refractivity contribution in [2.75, 3.05) is 0 Å². The van der Waals surface area contributed by atoms with E-state index in [1.165, 1.54) is 12.8 Å². The van der Waals surface area contributed by atoms with E-state index < -0.39 is 0 Å². The van der Waals surface area contributed by atoms with Crippen LogP contribution in [0.5, 0.6) is 0 Å². The van der Waals surface area contributed by atoms with Crippen molar-refractivity contribution in [3.63, 3.8) is 0 Å². The van der Waals surface area contributed by atoms with Crippen LogP contribution in [-0.2, 0) is 4.79 Å². The standard InChI is InChI=1S/C18H34N2O/c1-6-13-7-10-16(11(13)2)20-17(21)14-8-9-15(19)12(3)18(14,4)5/h11-16H,6-10,19H2,1-5H3,(H,20,21). The van der Waals surface area contributed by atoms with Gasteiger partial charge in [0, 0.05) is 18.0 Å². The molecule has 3 N–H and O–H groups in total. The first kappa shape index (κ1) is 16.8. The Morgan fingerprint density at radius 2 is 1.86 bits per heavy atom. The number of nitrogens with two attached hydrogens (primary N) is 1. The van der Waals surface area contributed by atoms with E-state index in [4.69, 9.17) is 5.73 Å². The molecule has 122 valence electrons. The average Bonchev–Trinajstić information content (AvgIpc) is 2.77. The summed E-state index contributed by atoms with van der Waals surface area (Å²) in [6.07, 6.45) is 5.54. The number of hydrogen-bond acceptors (Lipinski definition) is 2. The lowest BCUT2D eigenvalue weighted by atomic mass is 9.61. The quantitative estimate of drug-likeness (QED) is 0.839. The van der Waals surface area contributed by atoms with E-state index in [-0.39, 0.29) is 23.3 Å². The lowest BCUT2D eigenvalue weighted by Crippen LogP contribution is -2.53. The van der Waals surface area contributed by atoms with Crippen LogP contribution in [0.3, 0.4) is 0 Å². The summed E-state index contributed by atoms with van der Waals surface area (Å²) in [6.45, 7) is 11.2. The number of nitrogens with one attached hydrogen (secondary N) is 1. The summed E-state index contributed by atoms with van der Waals surface area (Å²) in [7, 11) is 0. The number of carbonyl (C=O) groups excluding carboxylic acids is 1. The Balaban J connectivity index is 2.00. The molecular formula is C18H34N2O. The average molecular weight is 294 g/mol. The van der Waals surface area contributed by atoms with Gasteiger partial charge in [0.1, 0.15) is 0 Å². The summed E-state index contributed by atoms with van der Waals surface area (Å²) in [5, 5.41) is 3.37. The minimum atomic E-state index is -0.00620. The van der Waals surface area contributed by atoms with E-state index >= 15 is 0 Å². The number of amides is 1. The highest BCUT2D eigenvalue weighted by atomic mass is 16.2. The SMILES string of the molecule is CCC1CCC(NC(=O)C2CCC(N)C(C)C2(C)C)C1C. The Bertz CT molecular complexity index is 379. The van der Waals surface area contributed by atoms with Crippen molar-refractivity contribution in [1.29, 1.82) is 0 Å². The Morgan fingerprint density at radius 3 is 2.43 bits per heavy atom. The first-order valence-electron chi connectivity index (χ1n) is 8.85. The monoisotopic (exact) mass is 294 g/mol. The molecule has 0 saturated heterocycles. The molecular weight excluding hydrogens is 260 g/mol. The molecule has 0 aromatic carbocycles. The minimum absolute atomic E-state index is 0.00620. The Kier molecular flexibility index (Phi) is 5.02. The van der Waals surface area contributed by atoms with Gasteiger partial charge in [-0.3, -0.25) is 4.79 Å². The zero-order valence-corrected chi connectivity index (χ0v) is 14.5. The van der Waals surface area contributed by atoms with Crippen molar-refractivity contribution >= 4 is 5.91 Å². The summed E-state index contributed by atoms with van der Waals surface area (Å²) in [5.74, 6) is 2.17. The second-order valence-electron chi connectivity index (χ2n) is 8.12. The highest BCUT2D eigenvalue weighted by molar-refractivity contribution is 5.80. The van der Waals surface area contributed by atoms with Crippen LogP contribution >= 0.6 is 0 Å². The van der Waals surface area contributed by atoms with Gasteiger partial charge in [-0.25, -0.2) is 0 Å². The first-order chi connectivity index (χ1) is 9.78. The Labute approximate surface area is 130 Å². The van der Waals surface area contributed by atoms with Crippen molar-refractivity contribution in [3.8, 4) is 0 Å². The molecule has 0 aromatic rings. The molecule has 0 aliphatic heterocycles. The van der Waals surface area contributed by atoms with E-state index in [1.807, 2.05) is 0 Å². The van der Waals surface area contributed by atoms with E-state index in [1.54, 1.807) is 0 Å². The fraction of sp³-hybridized carbons (Fsp3) is 0.944. The van der Waals surface area contributed by atoms with Gasteiger partial charge in [0.25, 0.3) is 0 Å². The van der Waals surface area contributed by atoms with Crippen LogP contribution in [-0.4, -0.2) is 18.0 Å². The van der Waals surface area contributed by atoms with Gasteiger partial charge in [0.2, 0.25) is 5.91 Å². The van der Waals surface area contributed by atoms with E-state index in [9.17, 15) is 4.79 Å². The van der Waals surface area contributed by atoms with Crippen molar-refractivity contribution in [1.82, 2.24) is 5.32 Å². The Morgan fingerprint density at radius 1 is 1.19 bits per heavy atom. The van der Waals surface area contributed by atoms with Crippen LogP contribution < -0.4 is 11.1 Å². The summed E-state index contributed by atoms with van der Waals surface area (Å²) in [4.78, 5) is 12.8. The predicted octanol–water partition coefficient (Wildman–Crippen LogP) is 3.33. The van der Waals surface area contributed by atoms with Gasteiger partial charge < -0.3 is 11.1 Å². The molecule has 3 nitrogen and oxygen atoms in total. The third-order valence-electron chi connectivity index (χ3n) is 6.90.